The van der Waals surface area contributed by atoms with Gasteiger partial charge in [-0.05, 0) is 51.4 Å². The number of hydrogen-bond donors (Lipinski definition) is 9. The third kappa shape index (κ3) is 24.0. The zero-order valence-corrected chi connectivity index (χ0v) is 38.8. The van der Waals surface area contributed by atoms with Gasteiger partial charge in [-0.25, -0.2) is 0 Å². The lowest BCUT2D eigenvalue weighted by molar-refractivity contribution is -0.359. The van der Waals surface area contributed by atoms with Gasteiger partial charge in [0, 0.05) is 6.42 Å². The molecule has 2 saturated heterocycles. The largest absolute Gasteiger partial charge is 0.394 e. The van der Waals surface area contributed by atoms with E-state index < -0.39 is 86.8 Å². The van der Waals surface area contributed by atoms with Gasteiger partial charge in [-0.15, -0.1) is 0 Å². The zero-order valence-electron chi connectivity index (χ0n) is 38.8. The first-order valence-electron chi connectivity index (χ1n) is 24.7. The van der Waals surface area contributed by atoms with Crippen molar-refractivity contribution in [3.8, 4) is 0 Å². The Labute approximate surface area is 379 Å². The van der Waals surface area contributed by atoms with Crippen LogP contribution >= 0.6 is 0 Å². The number of amides is 1. The molecule has 63 heavy (non-hydrogen) atoms. The Balaban J connectivity index is 1.88. The highest BCUT2D eigenvalue weighted by Crippen LogP contribution is 2.30. The minimum atomic E-state index is -1.79. The molecule has 0 saturated carbocycles. The summed E-state index contributed by atoms with van der Waals surface area (Å²) in [5.74, 6) is -0.262. The van der Waals surface area contributed by atoms with Crippen LogP contribution in [0.2, 0.25) is 0 Å². The Morgan fingerprint density at radius 2 is 1.03 bits per heavy atom. The first kappa shape index (κ1) is 57.3. The number of aliphatic hydroxyl groups is 8. The van der Waals surface area contributed by atoms with E-state index in [1.165, 1.54) is 89.9 Å². The van der Waals surface area contributed by atoms with Crippen LogP contribution in [-0.4, -0.2) is 140 Å². The fourth-order valence-corrected chi connectivity index (χ4v) is 7.93. The average Bonchev–Trinajstić information content (AvgIpc) is 3.28. The van der Waals surface area contributed by atoms with Crippen molar-refractivity contribution in [3.05, 3.63) is 36.5 Å². The molecule has 2 fully saturated rings. The van der Waals surface area contributed by atoms with Gasteiger partial charge in [0.2, 0.25) is 5.91 Å². The van der Waals surface area contributed by atoms with E-state index in [-0.39, 0.29) is 18.9 Å². The number of nitrogens with one attached hydrogen (secondary N) is 1. The number of carbonyl (C=O) groups excluding carboxylic acids is 1. The summed E-state index contributed by atoms with van der Waals surface area (Å²) in [7, 11) is 0. The summed E-state index contributed by atoms with van der Waals surface area (Å²) in [6.07, 6.45) is 23.4. The SMILES string of the molecule is CCCC/C=C\CCCCCCCC(=O)NC(COC1OC(CO)C(OC2OC(CO)C(O)C(O)C2O)C(O)C1O)C(O)/C=C/CC/C=C/CCCCCCCCCCCCCC. The molecular formula is C49H89NO13. The predicted octanol–water partition coefficient (Wildman–Crippen LogP) is 5.93. The molecule has 1 amide bonds. The summed E-state index contributed by atoms with van der Waals surface area (Å²) in [5, 5.41) is 86.6. The van der Waals surface area contributed by atoms with Crippen LogP contribution in [0.5, 0.6) is 0 Å². The maximum absolute atomic E-state index is 13.1. The van der Waals surface area contributed by atoms with Gasteiger partial charge in [0.25, 0.3) is 0 Å². The first-order chi connectivity index (χ1) is 30.6. The lowest BCUT2D eigenvalue weighted by Crippen LogP contribution is -2.65. The summed E-state index contributed by atoms with van der Waals surface area (Å²) in [4.78, 5) is 13.1. The molecule has 0 aromatic heterocycles. The van der Waals surface area contributed by atoms with Crippen molar-refractivity contribution in [1.29, 1.82) is 0 Å². The minimum absolute atomic E-state index is 0.262. The molecule has 9 N–H and O–H groups in total. The maximum Gasteiger partial charge on any atom is 0.220 e. The third-order valence-corrected chi connectivity index (χ3v) is 12.0. The molecule has 2 heterocycles. The highest BCUT2D eigenvalue weighted by atomic mass is 16.7. The number of aliphatic hydroxyl groups excluding tert-OH is 8. The van der Waals surface area contributed by atoms with Crippen LogP contribution in [-0.2, 0) is 23.7 Å². The second-order valence-electron chi connectivity index (χ2n) is 17.6. The van der Waals surface area contributed by atoms with E-state index in [0.717, 1.165) is 51.4 Å². The zero-order chi connectivity index (χ0) is 46.1. The van der Waals surface area contributed by atoms with Crippen LogP contribution in [0.1, 0.15) is 174 Å². The quantitative estimate of drug-likeness (QED) is 0.0261. The molecule has 14 nitrogen and oxygen atoms in total. The Morgan fingerprint density at radius 3 is 1.60 bits per heavy atom. The fraction of sp³-hybridized carbons (Fsp3) is 0.857. The van der Waals surface area contributed by atoms with E-state index >= 15 is 0 Å². The Kier molecular flexibility index (Phi) is 33.1. The summed E-state index contributed by atoms with van der Waals surface area (Å²) in [5.41, 5.74) is 0. The maximum atomic E-state index is 13.1. The normalized spacial score (nSPS) is 27.8. The van der Waals surface area contributed by atoms with E-state index in [0.29, 0.717) is 12.8 Å². The molecule has 2 rings (SSSR count). The number of unbranched alkanes of at least 4 members (excludes halogenated alkanes) is 20. The van der Waals surface area contributed by atoms with Crippen molar-refractivity contribution in [3.63, 3.8) is 0 Å². The van der Waals surface area contributed by atoms with Gasteiger partial charge in [-0.1, -0.05) is 153 Å². The highest BCUT2D eigenvalue weighted by molar-refractivity contribution is 5.76. The number of ether oxygens (including phenoxy) is 4. The summed E-state index contributed by atoms with van der Waals surface area (Å²) >= 11 is 0. The van der Waals surface area contributed by atoms with Gasteiger partial charge < -0.3 is 65.1 Å². The van der Waals surface area contributed by atoms with Crippen molar-refractivity contribution in [1.82, 2.24) is 5.32 Å². The molecule has 0 radical (unpaired) electrons. The van der Waals surface area contributed by atoms with Crippen LogP contribution in [0.3, 0.4) is 0 Å². The van der Waals surface area contributed by atoms with Crippen LogP contribution in [0.25, 0.3) is 0 Å². The third-order valence-electron chi connectivity index (χ3n) is 12.0. The second kappa shape index (κ2) is 36.3. The van der Waals surface area contributed by atoms with Crippen LogP contribution in [0.4, 0.5) is 0 Å². The van der Waals surface area contributed by atoms with Crippen molar-refractivity contribution in [2.45, 2.75) is 248 Å². The average molecular weight is 900 g/mol. The molecular weight excluding hydrogens is 811 g/mol. The number of allylic oxidation sites excluding steroid dienone is 5. The molecule has 2 aliphatic heterocycles. The molecule has 0 aromatic carbocycles. The standard InChI is InChI=1S/C49H89NO13/c1-3-5-7-9-11-13-15-16-17-18-19-20-21-23-24-26-28-30-32-38(53)37(50-41(54)33-31-29-27-25-22-14-12-10-8-6-4-2)36-60-48-46(59)44(57)47(40(35-52)62-48)63-49-45(58)43(56)42(55)39(34-51)61-49/h10,12,23-24,30,32,37-40,42-49,51-53,55-59H,3-9,11,13-22,25-29,31,33-36H2,1-2H3,(H,50,54)/b12-10-,24-23+,32-30+. The van der Waals surface area contributed by atoms with Gasteiger partial charge in [0.05, 0.1) is 32.0 Å². The van der Waals surface area contributed by atoms with Gasteiger partial charge in [0.1, 0.15) is 48.8 Å². The van der Waals surface area contributed by atoms with Crippen molar-refractivity contribution < 1.29 is 64.6 Å². The lowest BCUT2D eigenvalue weighted by Gasteiger charge is -2.46. The Morgan fingerprint density at radius 1 is 0.556 bits per heavy atom. The van der Waals surface area contributed by atoms with E-state index in [9.17, 15) is 45.6 Å². The van der Waals surface area contributed by atoms with Crippen LogP contribution < -0.4 is 5.32 Å². The molecule has 0 aliphatic carbocycles. The van der Waals surface area contributed by atoms with Gasteiger partial charge >= 0.3 is 0 Å². The molecule has 0 bridgehead atoms. The van der Waals surface area contributed by atoms with Crippen LogP contribution in [0.15, 0.2) is 36.5 Å². The number of carbonyl (C=O) groups is 1. The topological polar surface area (TPSA) is 228 Å². The second-order valence-corrected chi connectivity index (χ2v) is 17.6. The molecule has 0 spiro atoms. The molecule has 0 aromatic rings. The molecule has 12 atom stereocenters. The lowest BCUT2D eigenvalue weighted by atomic mass is 9.97. The predicted molar refractivity (Wildman–Crippen MR) is 244 cm³/mol. The van der Waals surface area contributed by atoms with Crippen molar-refractivity contribution >= 4 is 5.91 Å². The van der Waals surface area contributed by atoms with Gasteiger partial charge in [-0.3, -0.25) is 4.79 Å². The van der Waals surface area contributed by atoms with Gasteiger partial charge in [0.15, 0.2) is 12.6 Å². The Bertz CT molecular complexity index is 1200. The first-order valence-corrected chi connectivity index (χ1v) is 24.7. The van der Waals surface area contributed by atoms with E-state index in [1.54, 1.807) is 6.08 Å². The Hall–Kier alpha value is -1.79. The number of rotatable bonds is 37. The molecule has 14 heteroatoms. The van der Waals surface area contributed by atoms with E-state index in [1.807, 2.05) is 6.08 Å². The van der Waals surface area contributed by atoms with Crippen molar-refractivity contribution in [2.75, 3.05) is 19.8 Å². The summed E-state index contributed by atoms with van der Waals surface area (Å²) in [6.45, 7) is 2.70. The van der Waals surface area contributed by atoms with E-state index in [2.05, 4.69) is 43.5 Å². The summed E-state index contributed by atoms with van der Waals surface area (Å²) < 4.78 is 22.6. The molecule has 2 aliphatic rings. The minimum Gasteiger partial charge on any atom is -0.394 e. The molecule has 368 valence electrons. The van der Waals surface area contributed by atoms with Gasteiger partial charge in [-0.2, -0.15) is 0 Å². The molecule has 12 unspecified atom stereocenters. The number of hydrogen-bond acceptors (Lipinski definition) is 13. The fourth-order valence-electron chi connectivity index (χ4n) is 7.93. The van der Waals surface area contributed by atoms with Crippen molar-refractivity contribution in [2.24, 2.45) is 0 Å². The van der Waals surface area contributed by atoms with E-state index in [4.69, 9.17) is 18.9 Å². The highest BCUT2D eigenvalue weighted by Gasteiger charge is 2.51. The monoisotopic (exact) mass is 900 g/mol. The van der Waals surface area contributed by atoms with Crippen LogP contribution in [0, 0.1) is 0 Å². The summed E-state index contributed by atoms with van der Waals surface area (Å²) in [6, 6.07) is -0.932. The smallest absolute Gasteiger partial charge is 0.220 e.